The van der Waals surface area contributed by atoms with E-state index in [0.29, 0.717) is 5.69 Å². The molecule has 1 heterocycles. The van der Waals surface area contributed by atoms with Crippen LogP contribution in [0.15, 0.2) is 0 Å². The first-order valence-electron chi connectivity index (χ1n) is 5.14. The first kappa shape index (κ1) is 10.2. The van der Waals surface area contributed by atoms with Crippen LogP contribution in [0.2, 0.25) is 0 Å². The Labute approximate surface area is 87.9 Å². The first-order valence-corrected chi connectivity index (χ1v) is 5.14. The number of carboxylic acid groups (broad SMARTS) is 1. The van der Waals surface area contributed by atoms with Gasteiger partial charge >= 0.3 is 5.97 Å². The van der Waals surface area contributed by atoms with Crippen molar-refractivity contribution in [2.45, 2.75) is 31.7 Å². The van der Waals surface area contributed by atoms with E-state index in [0.717, 1.165) is 36.9 Å². The molecule has 1 aromatic heterocycles. The minimum Gasteiger partial charge on any atom is -0.480 e. The predicted octanol–water partition coefficient (Wildman–Crippen LogP) is 0.383. The van der Waals surface area contributed by atoms with Crippen molar-refractivity contribution in [1.29, 1.82) is 0 Å². The van der Waals surface area contributed by atoms with Crippen LogP contribution < -0.4 is 5.73 Å². The van der Waals surface area contributed by atoms with Gasteiger partial charge in [0, 0.05) is 12.7 Å². The van der Waals surface area contributed by atoms with Crippen LogP contribution in [0.1, 0.15) is 35.8 Å². The largest absolute Gasteiger partial charge is 0.480 e. The molecule has 3 N–H and O–H groups in total. The first-order chi connectivity index (χ1) is 7.11. The fourth-order valence-electron chi connectivity index (χ4n) is 2.17. The summed E-state index contributed by atoms with van der Waals surface area (Å²) in [4.78, 5) is 10.8. The zero-order valence-electron chi connectivity index (χ0n) is 8.73. The van der Waals surface area contributed by atoms with Gasteiger partial charge in [-0.3, -0.25) is 9.48 Å². The molecule has 0 spiro atoms. The van der Waals surface area contributed by atoms with Crippen molar-refractivity contribution < 1.29 is 9.90 Å². The highest BCUT2D eigenvalue weighted by Crippen LogP contribution is 2.26. The maximum Gasteiger partial charge on any atom is 0.326 e. The number of aromatic nitrogens is 2. The Hall–Kier alpha value is -1.36. The lowest BCUT2D eigenvalue weighted by Crippen LogP contribution is -2.22. The zero-order valence-corrected chi connectivity index (χ0v) is 8.73. The average molecular weight is 209 g/mol. The molecule has 0 aromatic carbocycles. The Morgan fingerprint density at radius 3 is 2.87 bits per heavy atom. The molecule has 15 heavy (non-hydrogen) atoms. The summed E-state index contributed by atoms with van der Waals surface area (Å²) in [7, 11) is 1.85. The van der Waals surface area contributed by atoms with Gasteiger partial charge in [-0.1, -0.05) is 0 Å². The van der Waals surface area contributed by atoms with Gasteiger partial charge in [0.1, 0.15) is 6.04 Å². The third kappa shape index (κ3) is 1.63. The fraction of sp³-hybridized carbons (Fsp3) is 0.600. The topological polar surface area (TPSA) is 81.1 Å². The SMILES string of the molecule is Cn1nc(C(N)C(=O)O)c2c1CCCC2. The van der Waals surface area contributed by atoms with Gasteiger partial charge in [0.15, 0.2) is 0 Å². The summed E-state index contributed by atoms with van der Waals surface area (Å²) in [5, 5.41) is 13.1. The van der Waals surface area contributed by atoms with Crippen molar-refractivity contribution in [3.05, 3.63) is 17.0 Å². The lowest BCUT2D eigenvalue weighted by Gasteiger charge is -2.13. The summed E-state index contributed by atoms with van der Waals surface area (Å²) in [6.45, 7) is 0. The molecule has 0 amide bonds. The summed E-state index contributed by atoms with van der Waals surface area (Å²) in [5.41, 5.74) is 8.34. The average Bonchev–Trinajstić information content (AvgIpc) is 2.56. The second-order valence-electron chi connectivity index (χ2n) is 3.96. The Balaban J connectivity index is 2.44. The molecule has 1 aromatic rings. The number of fused-ring (bicyclic) bond motifs is 1. The third-order valence-electron chi connectivity index (χ3n) is 2.96. The molecule has 0 bridgehead atoms. The third-order valence-corrected chi connectivity index (χ3v) is 2.96. The predicted molar refractivity (Wildman–Crippen MR) is 54.4 cm³/mol. The van der Waals surface area contributed by atoms with Crippen molar-refractivity contribution in [3.8, 4) is 0 Å². The van der Waals surface area contributed by atoms with E-state index in [4.69, 9.17) is 10.8 Å². The van der Waals surface area contributed by atoms with E-state index < -0.39 is 12.0 Å². The Bertz CT molecular complexity index is 398. The van der Waals surface area contributed by atoms with Crippen LogP contribution in [0.4, 0.5) is 0 Å². The molecule has 0 saturated carbocycles. The molecule has 2 rings (SSSR count). The van der Waals surface area contributed by atoms with E-state index in [9.17, 15) is 4.79 Å². The van der Waals surface area contributed by atoms with E-state index >= 15 is 0 Å². The highest BCUT2D eigenvalue weighted by molar-refractivity contribution is 5.75. The van der Waals surface area contributed by atoms with Gasteiger partial charge in [-0.25, -0.2) is 0 Å². The van der Waals surface area contributed by atoms with Gasteiger partial charge in [0.2, 0.25) is 0 Å². The molecule has 1 aliphatic rings. The fourth-order valence-corrected chi connectivity index (χ4v) is 2.17. The van der Waals surface area contributed by atoms with Crippen LogP contribution in [0, 0.1) is 0 Å². The molecule has 82 valence electrons. The summed E-state index contributed by atoms with van der Waals surface area (Å²) >= 11 is 0. The molecule has 1 atom stereocenters. The molecule has 0 aliphatic heterocycles. The number of hydrogen-bond acceptors (Lipinski definition) is 3. The minimum atomic E-state index is -1.01. The Morgan fingerprint density at radius 2 is 2.20 bits per heavy atom. The molecular weight excluding hydrogens is 194 g/mol. The van der Waals surface area contributed by atoms with Crippen molar-refractivity contribution in [2.75, 3.05) is 0 Å². The van der Waals surface area contributed by atoms with Crippen LogP contribution in [0.25, 0.3) is 0 Å². The van der Waals surface area contributed by atoms with E-state index in [-0.39, 0.29) is 0 Å². The van der Waals surface area contributed by atoms with Gasteiger partial charge in [-0.2, -0.15) is 5.10 Å². The molecular formula is C10H15N3O2. The molecule has 0 saturated heterocycles. The van der Waals surface area contributed by atoms with Gasteiger partial charge in [-0.15, -0.1) is 0 Å². The maximum absolute atomic E-state index is 10.8. The molecule has 0 fully saturated rings. The monoisotopic (exact) mass is 209 g/mol. The highest BCUT2D eigenvalue weighted by Gasteiger charge is 2.26. The van der Waals surface area contributed by atoms with E-state index in [1.165, 1.54) is 0 Å². The minimum absolute atomic E-state index is 0.541. The second-order valence-corrected chi connectivity index (χ2v) is 3.96. The van der Waals surface area contributed by atoms with Crippen molar-refractivity contribution in [2.24, 2.45) is 12.8 Å². The Kier molecular flexibility index (Phi) is 2.48. The van der Waals surface area contributed by atoms with E-state index in [2.05, 4.69) is 5.10 Å². The lowest BCUT2D eigenvalue weighted by atomic mass is 9.94. The van der Waals surface area contributed by atoms with Crippen molar-refractivity contribution in [3.63, 3.8) is 0 Å². The van der Waals surface area contributed by atoms with Crippen LogP contribution in [0.3, 0.4) is 0 Å². The molecule has 5 heteroatoms. The van der Waals surface area contributed by atoms with E-state index in [1.54, 1.807) is 4.68 Å². The number of carbonyl (C=O) groups is 1. The maximum atomic E-state index is 10.8. The van der Waals surface area contributed by atoms with Crippen molar-refractivity contribution >= 4 is 5.97 Å². The second kappa shape index (κ2) is 3.66. The van der Waals surface area contributed by atoms with Gasteiger partial charge < -0.3 is 10.8 Å². The number of hydrogen-bond donors (Lipinski definition) is 2. The van der Waals surface area contributed by atoms with Crippen LogP contribution in [-0.4, -0.2) is 20.9 Å². The van der Waals surface area contributed by atoms with Crippen LogP contribution >= 0.6 is 0 Å². The highest BCUT2D eigenvalue weighted by atomic mass is 16.4. The summed E-state index contributed by atoms with van der Waals surface area (Å²) in [5.74, 6) is -1.01. The number of nitrogens with zero attached hydrogens (tertiary/aromatic N) is 2. The summed E-state index contributed by atoms with van der Waals surface area (Å²) in [6, 6.07) is -0.988. The number of carboxylic acids is 1. The van der Waals surface area contributed by atoms with Crippen molar-refractivity contribution in [1.82, 2.24) is 9.78 Å². The van der Waals surface area contributed by atoms with E-state index in [1.807, 2.05) is 7.05 Å². The number of aryl methyl sites for hydroxylation is 1. The van der Waals surface area contributed by atoms with Gasteiger partial charge in [0.05, 0.1) is 5.69 Å². The zero-order chi connectivity index (χ0) is 11.0. The quantitative estimate of drug-likeness (QED) is 0.738. The van der Waals surface area contributed by atoms with Crippen LogP contribution in [-0.2, 0) is 24.7 Å². The molecule has 1 unspecified atom stereocenters. The molecule has 0 radical (unpaired) electrons. The van der Waals surface area contributed by atoms with Crippen LogP contribution in [0.5, 0.6) is 0 Å². The standard InChI is InChI=1S/C10H15N3O2/c1-13-7-5-3-2-4-6(7)9(12-13)8(11)10(14)15/h8H,2-5,11H2,1H3,(H,14,15). The smallest absolute Gasteiger partial charge is 0.326 e. The number of nitrogens with two attached hydrogens (primary N) is 1. The number of rotatable bonds is 2. The van der Waals surface area contributed by atoms with Gasteiger partial charge in [0.25, 0.3) is 0 Å². The van der Waals surface area contributed by atoms with Gasteiger partial charge in [-0.05, 0) is 31.2 Å². The molecule has 1 aliphatic carbocycles. The lowest BCUT2D eigenvalue weighted by molar-refractivity contribution is -0.138. The summed E-state index contributed by atoms with van der Waals surface area (Å²) in [6.07, 6.45) is 4.12. The normalized spacial score (nSPS) is 17.2. The number of aliphatic carboxylic acids is 1. The summed E-state index contributed by atoms with van der Waals surface area (Å²) < 4.78 is 1.77. The Morgan fingerprint density at radius 1 is 1.53 bits per heavy atom. The molecule has 5 nitrogen and oxygen atoms in total.